The lowest BCUT2D eigenvalue weighted by molar-refractivity contribution is -0.0521. The zero-order chi connectivity index (χ0) is 14.7. The minimum Gasteiger partial charge on any atom is -0.432 e. The molecule has 0 amide bonds. The summed E-state index contributed by atoms with van der Waals surface area (Å²) in [6.45, 7) is -0.822. The number of rotatable bonds is 5. The number of thiazole rings is 1. The molecule has 0 saturated carbocycles. The number of nitrogen functional groups attached to an aromatic ring is 1. The molecule has 20 heavy (non-hydrogen) atoms. The van der Waals surface area contributed by atoms with E-state index in [4.69, 9.17) is 5.73 Å². The predicted molar refractivity (Wildman–Crippen MR) is 71.6 cm³/mol. The highest BCUT2D eigenvalue weighted by Crippen LogP contribution is 2.30. The fraction of sp³-hybridized carbons (Fsp3) is 0.250. The first-order valence-electron chi connectivity index (χ1n) is 5.64. The van der Waals surface area contributed by atoms with Gasteiger partial charge in [-0.15, -0.1) is 11.3 Å². The molecule has 2 rings (SSSR count). The largest absolute Gasteiger partial charge is 0.432 e. The third kappa shape index (κ3) is 3.32. The summed E-state index contributed by atoms with van der Waals surface area (Å²) in [6, 6.07) is 2.06. The van der Waals surface area contributed by atoms with Gasteiger partial charge in [-0.3, -0.25) is 0 Å². The Balaban J connectivity index is 2.16. The molecule has 3 N–H and O–H groups in total. The van der Waals surface area contributed by atoms with E-state index in [2.05, 4.69) is 15.0 Å². The second kappa shape index (κ2) is 6.00. The van der Waals surface area contributed by atoms with Gasteiger partial charge in [-0.25, -0.2) is 9.37 Å². The van der Waals surface area contributed by atoms with Gasteiger partial charge in [0.1, 0.15) is 0 Å². The molecule has 108 valence electrons. The summed E-state index contributed by atoms with van der Waals surface area (Å²) < 4.78 is 41.8. The van der Waals surface area contributed by atoms with E-state index in [1.54, 1.807) is 5.51 Å². The van der Waals surface area contributed by atoms with Gasteiger partial charge in [0.15, 0.2) is 11.6 Å². The van der Waals surface area contributed by atoms with Gasteiger partial charge in [-0.2, -0.15) is 8.78 Å². The molecule has 1 aromatic heterocycles. The second-order valence-corrected chi connectivity index (χ2v) is 4.90. The number of halogens is 3. The van der Waals surface area contributed by atoms with Crippen LogP contribution in [0, 0.1) is 12.7 Å². The van der Waals surface area contributed by atoms with Gasteiger partial charge in [0.2, 0.25) is 0 Å². The standard InChI is InChI=1S/C12H12F3N3OS/c1-6-11(20-5-18-6)4-17-9-3-10(19-12(14)15)7(13)2-8(9)16/h2-3,5,12,17H,4,16H2,1H3. The fourth-order valence-corrected chi connectivity index (χ4v) is 2.30. The Morgan fingerprint density at radius 1 is 1.45 bits per heavy atom. The molecular weight excluding hydrogens is 291 g/mol. The smallest absolute Gasteiger partial charge is 0.387 e. The van der Waals surface area contributed by atoms with Crippen LogP contribution in [0.4, 0.5) is 24.5 Å². The van der Waals surface area contributed by atoms with Crippen molar-refractivity contribution in [2.75, 3.05) is 11.1 Å². The van der Waals surface area contributed by atoms with Crippen molar-refractivity contribution in [3.05, 3.63) is 34.0 Å². The van der Waals surface area contributed by atoms with E-state index in [0.29, 0.717) is 12.2 Å². The Morgan fingerprint density at radius 3 is 2.80 bits per heavy atom. The lowest BCUT2D eigenvalue weighted by Gasteiger charge is -2.12. The number of nitrogens with two attached hydrogens (primary N) is 1. The molecule has 0 bridgehead atoms. The Bertz CT molecular complexity index is 604. The van der Waals surface area contributed by atoms with Crippen molar-refractivity contribution in [3.63, 3.8) is 0 Å². The van der Waals surface area contributed by atoms with Crippen LogP contribution < -0.4 is 15.8 Å². The summed E-state index contributed by atoms with van der Waals surface area (Å²) in [5, 5.41) is 2.95. The highest BCUT2D eigenvalue weighted by Gasteiger charge is 2.13. The van der Waals surface area contributed by atoms with Crippen molar-refractivity contribution in [3.8, 4) is 5.75 Å². The van der Waals surface area contributed by atoms with Gasteiger partial charge in [-0.1, -0.05) is 0 Å². The van der Waals surface area contributed by atoms with Crippen LogP contribution in [0.3, 0.4) is 0 Å². The normalized spacial score (nSPS) is 10.8. The topological polar surface area (TPSA) is 60.2 Å². The molecule has 1 aromatic carbocycles. The van der Waals surface area contributed by atoms with E-state index in [-0.39, 0.29) is 5.69 Å². The summed E-state index contributed by atoms with van der Waals surface area (Å²) >= 11 is 1.45. The van der Waals surface area contributed by atoms with Crippen LogP contribution in [0.1, 0.15) is 10.6 Å². The molecule has 0 aliphatic heterocycles. The molecule has 0 radical (unpaired) electrons. The van der Waals surface area contributed by atoms with Gasteiger partial charge in [-0.05, 0) is 6.92 Å². The van der Waals surface area contributed by atoms with Crippen molar-refractivity contribution in [2.24, 2.45) is 0 Å². The summed E-state index contributed by atoms with van der Waals surface area (Å²) in [5.74, 6) is -1.47. The average molecular weight is 303 g/mol. The van der Waals surface area contributed by atoms with Crippen LogP contribution in [0.2, 0.25) is 0 Å². The molecular formula is C12H12F3N3OS. The van der Waals surface area contributed by atoms with Crippen LogP contribution in [-0.4, -0.2) is 11.6 Å². The van der Waals surface area contributed by atoms with Crippen molar-refractivity contribution in [2.45, 2.75) is 20.1 Å². The zero-order valence-corrected chi connectivity index (χ0v) is 11.3. The number of anilines is 2. The maximum atomic E-state index is 13.4. The Hall–Kier alpha value is -1.96. The molecule has 1 heterocycles. The van der Waals surface area contributed by atoms with E-state index in [0.717, 1.165) is 22.7 Å². The molecule has 0 saturated heterocycles. The highest BCUT2D eigenvalue weighted by molar-refractivity contribution is 7.09. The first kappa shape index (κ1) is 14.4. The van der Waals surface area contributed by atoms with Crippen LogP contribution >= 0.6 is 11.3 Å². The Morgan fingerprint density at radius 2 is 2.20 bits per heavy atom. The van der Waals surface area contributed by atoms with E-state index < -0.39 is 18.2 Å². The van der Waals surface area contributed by atoms with Gasteiger partial charge >= 0.3 is 6.61 Å². The van der Waals surface area contributed by atoms with E-state index in [1.807, 2.05) is 6.92 Å². The summed E-state index contributed by atoms with van der Waals surface area (Å²) in [6.07, 6.45) is 0. The zero-order valence-electron chi connectivity index (χ0n) is 10.5. The number of hydrogen-bond donors (Lipinski definition) is 2. The number of benzene rings is 1. The van der Waals surface area contributed by atoms with Crippen LogP contribution in [-0.2, 0) is 6.54 Å². The summed E-state index contributed by atoms with van der Waals surface area (Å²) in [7, 11) is 0. The number of hydrogen-bond acceptors (Lipinski definition) is 5. The average Bonchev–Trinajstić information content (AvgIpc) is 2.76. The third-order valence-corrected chi connectivity index (χ3v) is 3.54. The first-order chi connectivity index (χ1) is 9.47. The third-order valence-electron chi connectivity index (χ3n) is 2.60. The summed E-state index contributed by atoms with van der Waals surface area (Å²) in [5.41, 5.74) is 8.65. The molecule has 4 nitrogen and oxygen atoms in total. The van der Waals surface area contributed by atoms with E-state index in [9.17, 15) is 13.2 Å². The van der Waals surface area contributed by atoms with Crippen molar-refractivity contribution < 1.29 is 17.9 Å². The van der Waals surface area contributed by atoms with Gasteiger partial charge in [0, 0.05) is 17.0 Å². The molecule has 2 aromatic rings. The highest BCUT2D eigenvalue weighted by atomic mass is 32.1. The quantitative estimate of drug-likeness (QED) is 0.831. The van der Waals surface area contributed by atoms with Crippen LogP contribution in [0.5, 0.6) is 5.75 Å². The lowest BCUT2D eigenvalue weighted by Crippen LogP contribution is -2.07. The van der Waals surface area contributed by atoms with Crippen molar-refractivity contribution in [1.82, 2.24) is 4.98 Å². The second-order valence-electron chi connectivity index (χ2n) is 3.96. The number of alkyl halides is 2. The Labute approximate surface area is 117 Å². The molecule has 8 heteroatoms. The fourth-order valence-electron chi connectivity index (χ4n) is 1.58. The molecule has 0 spiro atoms. The van der Waals surface area contributed by atoms with Crippen LogP contribution in [0.25, 0.3) is 0 Å². The number of aryl methyl sites for hydroxylation is 1. The van der Waals surface area contributed by atoms with Gasteiger partial charge in [0.25, 0.3) is 0 Å². The summed E-state index contributed by atoms with van der Waals surface area (Å²) in [4.78, 5) is 5.06. The molecule has 0 unspecified atom stereocenters. The number of ether oxygens (including phenoxy) is 1. The molecule has 0 fully saturated rings. The maximum Gasteiger partial charge on any atom is 0.387 e. The SMILES string of the molecule is Cc1ncsc1CNc1cc(OC(F)F)c(F)cc1N. The predicted octanol–water partition coefficient (Wildman–Crippen LogP) is 3.39. The first-order valence-corrected chi connectivity index (χ1v) is 6.52. The van der Waals surface area contributed by atoms with Gasteiger partial charge in [0.05, 0.1) is 29.1 Å². The minimum atomic E-state index is -3.09. The molecule has 0 aliphatic rings. The van der Waals surface area contributed by atoms with Gasteiger partial charge < -0.3 is 15.8 Å². The number of aromatic nitrogens is 1. The Kier molecular flexibility index (Phi) is 4.33. The van der Waals surface area contributed by atoms with Crippen LogP contribution in [0.15, 0.2) is 17.6 Å². The van der Waals surface area contributed by atoms with Crippen molar-refractivity contribution in [1.29, 1.82) is 0 Å². The maximum absolute atomic E-state index is 13.4. The van der Waals surface area contributed by atoms with Crippen molar-refractivity contribution >= 4 is 22.7 Å². The molecule has 0 atom stereocenters. The minimum absolute atomic E-state index is 0.117. The monoisotopic (exact) mass is 303 g/mol. The van der Waals surface area contributed by atoms with E-state index >= 15 is 0 Å². The number of nitrogens with one attached hydrogen (secondary N) is 1. The lowest BCUT2D eigenvalue weighted by atomic mass is 10.2. The molecule has 0 aliphatic carbocycles. The number of nitrogens with zero attached hydrogens (tertiary/aromatic N) is 1. The van der Waals surface area contributed by atoms with E-state index in [1.165, 1.54) is 11.3 Å².